The Labute approximate surface area is 314 Å². The molecule has 0 aliphatic heterocycles. The molecule has 0 radical (unpaired) electrons. The van der Waals surface area contributed by atoms with E-state index in [1.54, 1.807) is 0 Å². The maximum absolute atomic E-state index is 6.48. The molecule has 0 fully saturated rings. The molecule has 0 unspecified atom stereocenters. The van der Waals surface area contributed by atoms with Gasteiger partial charge in [0.05, 0.1) is 0 Å². The van der Waals surface area contributed by atoms with Gasteiger partial charge in [0, 0.05) is 30.9 Å². The highest BCUT2D eigenvalue weighted by Crippen LogP contribution is 2.48. The lowest BCUT2D eigenvalue weighted by Gasteiger charge is -2.18. The number of hydrogen-bond acceptors (Lipinski definition) is 2. The van der Waals surface area contributed by atoms with Crippen LogP contribution in [0, 0.1) is 0 Å². The Morgan fingerprint density at radius 1 is 0.296 bits per heavy atom. The Morgan fingerprint density at radius 3 is 1.61 bits per heavy atom. The second-order valence-corrected chi connectivity index (χ2v) is 15.5. The molecule has 10 aromatic carbocycles. The number of thiophene rings is 1. The first kappa shape index (κ1) is 29.8. The molecule has 1 nitrogen and oxygen atoms in total. The molecule has 0 amide bonds. The van der Waals surface area contributed by atoms with E-state index in [2.05, 4.69) is 182 Å². The lowest BCUT2D eigenvalue weighted by atomic mass is 9.85. The van der Waals surface area contributed by atoms with Gasteiger partial charge in [0.15, 0.2) is 0 Å². The maximum Gasteiger partial charge on any atom is 0.136 e. The summed E-state index contributed by atoms with van der Waals surface area (Å²) in [6, 6.07) is 66.8. The highest BCUT2D eigenvalue weighted by Gasteiger charge is 2.20. The van der Waals surface area contributed by atoms with Crippen molar-refractivity contribution in [1.82, 2.24) is 0 Å². The molecule has 0 N–H and O–H groups in total. The fraction of sp³-hybridized carbons (Fsp3) is 0. The molecule has 54 heavy (non-hydrogen) atoms. The summed E-state index contributed by atoms with van der Waals surface area (Å²) in [7, 11) is 0. The number of rotatable bonds is 3. The standard InChI is InChI=1S/C52H30OS/c1-2-12-33-28-35(21-20-31(33)10-1)34-13-9-14-36(29-34)48-39-16-5-7-18-41(39)49(42-19-8-6-17-40(42)48)37-22-24-43-47(30-37)54-46-27-26-45-52(51(43)46)50-38-15-4-3-11-32(38)23-25-44(50)53-45/h1-30H. The summed E-state index contributed by atoms with van der Waals surface area (Å²) >= 11 is 1.87. The quantitative estimate of drug-likeness (QED) is 0.167. The van der Waals surface area contributed by atoms with Gasteiger partial charge in [-0.15, -0.1) is 11.3 Å². The molecule has 0 bridgehead atoms. The highest BCUT2D eigenvalue weighted by atomic mass is 32.1. The summed E-state index contributed by atoms with van der Waals surface area (Å²) in [5.74, 6) is 0. The van der Waals surface area contributed by atoms with Crippen molar-refractivity contribution in [2.45, 2.75) is 0 Å². The molecule has 12 rings (SSSR count). The number of furan rings is 1. The second-order valence-electron chi connectivity index (χ2n) is 14.4. The van der Waals surface area contributed by atoms with Crippen molar-refractivity contribution in [3.8, 4) is 33.4 Å². The second kappa shape index (κ2) is 11.4. The van der Waals surface area contributed by atoms with Crippen LogP contribution in [0.4, 0.5) is 0 Å². The van der Waals surface area contributed by atoms with Gasteiger partial charge in [-0.05, 0) is 113 Å². The van der Waals surface area contributed by atoms with E-state index in [-0.39, 0.29) is 0 Å². The van der Waals surface area contributed by atoms with Gasteiger partial charge in [-0.2, -0.15) is 0 Å². The first-order chi connectivity index (χ1) is 26.8. The summed E-state index contributed by atoms with van der Waals surface area (Å²) in [6.45, 7) is 0. The molecular weight excluding hydrogens is 673 g/mol. The van der Waals surface area contributed by atoms with Crippen LogP contribution >= 0.6 is 11.3 Å². The van der Waals surface area contributed by atoms with Gasteiger partial charge < -0.3 is 4.42 Å². The average molecular weight is 703 g/mol. The minimum absolute atomic E-state index is 0.938. The fourth-order valence-electron chi connectivity index (χ4n) is 9.02. The van der Waals surface area contributed by atoms with E-state index in [4.69, 9.17) is 4.42 Å². The molecule has 0 saturated heterocycles. The van der Waals surface area contributed by atoms with Crippen molar-refractivity contribution < 1.29 is 4.42 Å². The summed E-state index contributed by atoms with van der Waals surface area (Å²) < 4.78 is 9.04. The van der Waals surface area contributed by atoms with Crippen LogP contribution < -0.4 is 0 Å². The molecule has 0 saturated carbocycles. The van der Waals surface area contributed by atoms with E-state index in [1.165, 1.54) is 107 Å². The number of benzene rings is 10. The third kappa shape index (κ3) is 4.32. The number of fused-ring (bicyclic) bond motifs is 12. The summed E-state index contributed by atoms with van der Waals surface area (Å²) in [5.41, 5.74) is 9.34. The molecule has 250 valence electrons. The van der Waals surface area contributed by atoms with Crippen LogP contribution in [-0.2, 0) is 0 Å². The Balaban J connectivity index is 1.08. The van der Waals surface area contributed by atoms with E-state index in [0.29, 0.717) is 0 Å². The fourth-order valence-corrected chi connectivity index (χ4v) is 10.2. The highest BCUT2D eigenvalue weighted by molar-refractivity contribution is 7.26. The van der Waals surface area contributed by atoms with Crippen molar-refractivity contribution in [3.05, 3.63) is 182 Å². The largest absolute Gasteiger partial charge is 0.456 e. The monoisotopic (exact) mass is 702 g/mol. The minimum Gasteiger partial charge on any atom is -0.456 e. The van der Waals surface area contributed by atoms with Crippen LogP contribution in [-0.4, -0.2) is 0 Å². The van der Waals surface area contributed by atoms with E-state index in [1.807, 2.05) is 11.3 Å². The molecule has 0 aliphatic carbocycles. The molecule has 12 aromatic rings. The smallest absolute Gasteiger partial charge is 0.136 e. The van der Waals surface area contributed by atoms with Crippen LogP contribution in [0.3, 0.4) is 0 Å². The lowest BCUT2D eigenvalue weighted by Crippen LogP contribution is -1.91. The van der Waals surface area contributed by atoms with Crippen LogP contribution in [0.5, 0.6) is 0 Å². The molecule has 0 aliphatic rings. The average Bonchev–Trinajstić information content (AvgIpc) is 3.80. The zero-order valence-corrected chi connectivity index (χ0v) is 30.0. The van der Waals surface area contributed by atoms with Gasteiger partial charge in [-0.25, -0.2) is 0 Å². The van der Waals surface area contributed by atoms with Gasteiger partial charge in [0.2, 0.25) is 0 Å². The Kier molecular flexibility index (Phi) is 6.28. The van der Waals surface area contributed by atoms with Gasteiger partial charge in [0.1, 0.15) is 11.2 Å². The van der Waals surface area contributed by atoms with Gasteiger partial charge in [0.25, 0.3) is 0 Å². The van der Waals surface area contributed by atoms with Gasteiger partial charge in [-0.3, -0.25) is 0 Å². The first-order valence-electron chi connectivity index (χ1n) is 18.5. The molecular formula is C52H30OS. The summed E-state index contributed by atoms with van der Waals surface area (Å²) in [6.07, 6.45) is 0. The normalized spacial score (nSPS) is 12.1. The molecule has 2 heteroatoms. The Bertz CT molecular complexity index is 3450. The molecule has 2 heterocycles. The van der Waals surface area contributed by atoms with Crippen molar-refractivity contribution in [1.29, 1.82) is 0 Å². The third-order valence-electron chi connectivity index (χ3n) is 11.4. The van der Waals surface area contributed by atoms with E-state index in [9.17, 15) is 0 Å². The minimum atomic E-state index is 0.938. The zero-order valence-electron chi connectivity index (χ0n) is 29.1. The predicted octanol–water partition coefficient (Wildman–Crippen LogP) is 15.6. The zero-order chi connectivity index (χ0) is 35.3. The topological polar surface area (TPSA) is 13.1 Å². The summed E-state index contributed by atoms with van der Waals surface area (Å²) in [5, 5.41) is 15.0. The van der Waals surface area contributed by atoms with Crippen molar-refractivity contribution in [2.24, 2.45) is 0 Å². The molecule has 0 atom stereocenters. The van der Waals surface area contributed by atoms with Gasteiger partial charge >= 0.3 is 0 Å². The first-order valence-corrected chi connectivity index (χ1v) is 19.3. The van der Waals surface area contributed by atoms with Gasteiger partial charge in [-0.1, -0.05) is 146 Å². The molecule has 2 aromatic heterocycles. The summed E-state index contributed by atoms with van der Waals surface area (Å²) in [4.78, 5) is 0. The van der Waals surface area contributed by atoms with E-state index >= 15 is 0 Å². The van der Waals surface area contributed by atoms with Crippen molar-refractivity contribution >= 4 is 96.5 Å². The maximum atomic E-state index is 6.48. The van der Waals surface area contributed by atoms with Crippen LogP contribution in [0.1, 0.15) is 0 Å². The molecule has 0 spiro atoms. The van der Waals surface area contributed by atoms with E-state index < -0.39 is 0 Å². The SMILES string of the molecule is c1cc(-c2ccc3ccccc3c2)cc(-c2c3ccccc3c(-c3ccc4c(c3)sc3ccc5oc6ccc7ccccc7c6c5c34)c3ccccc23)c1. The van der Waals surface area contributed by atoms with Crippen LogP contribution in [0.25, 0.3) is 119 Å². The predicted molar refractivity (Wildman–Crippen MR) is 233 cm³/mol. The lowest BCUT2D eigenvalue weighted by molar-refractivity contribution is 0.669. The van der Waals surface area contributed by atoms with Crippen molar-refractivity contribution in [3.63, 3.8) is 0 Å². The number of hydrogen-bond donors (Lipinski definition) is 0. The van der Waals surface area contributed by atoms with E-state index in [0.717, 1.165) is 11.2 Å². The van der Waals surface area contributed by atoms with Crippen LogP contribution in [0.15, 0.2) is 186 Å². The van der Waals surface area contributed by atoms with Crippen LogP contribution in [0.2, 0.25) is 0 Å². The Morgan fingerprint density at radius 2 is 0.852 bits per heavy atom. The Hall–Kier alpha value is -6.74. The van der Waals surface area contributed by atoms with Crippen molar-refractivity contribution in [2.75, 3.05) is 0 Å². The third-order valence-corrected chi connectivity index (χ3v) is 12.5.